The molecule has 0 heterocycles. The van der Waals surface area contributed by atoms with E-state index in [1.165, 1.54) is 0 Å². The number of ether oxygens (including phenoxy) is 1. The van der Waals surface area contributed by atoms with Crippen molar-refractivity contribution in [2.24, 2.45) is 5.73 Å². The molecule has 5 heteroatoms. The number of anilines is 1. The highest BCUT2D eigenvalue weighted by molar-refractivity contribution is 9.11. The highest BCUT2D eigenvalue weighted by Gasteiger charge is 2.11. The second-order valence-electron chi connectivity index (χ2n) is 3.82. The van der Waals surface area contributed by atoms with Crippen molar-refractivity contribution in [1.82, 2.24) is 0 Å². The Hall–Kier alpha value is -0.100. The summed E-state index contributed by atoms with van der Waals surface area (Å²) in [5, 5.41) is 3.48. The lowest BCUT2D eigenvalue weighted by Gasteiger charge is -2.20. The minimum absolute atomic E-state index is 0.276. The predicted octanol–water partition coefficient (Wildman–Crippen LogP) is 3.38. The number of rotatable bonds is 7. The van der Waals surface area contributed by atoms with Crippen LogP contribution in [0.3, 0.4) is 0 Å². The molecule has 1 aromatic rings. The number of benzene rings is 1. The molecule has 1 aromatic carbocycles. The Kier molecular flexibility index (Phi) is 7.11. The van der Waals surface area contributed by atoms with Crippen LogP contribution in [-0.2, 0) is 4.74 Å². The molecule has 3 nitrogen and oxygen atoms in total. The molecule has 0 fully saturated rings. The average Bonchev–Trinajstić information content (AvgIpc) is 2.31. The molecular weight excluding hydrogens is 348 g/mol. The zero-order valence-electron chi connectivity index (χ0n) is 9.88. The molecule has 0 aliphatic heterocycles. The molecule has 0 bridgehead atoms. The summed E-state index contributed by atoms with van der Waals surface area (Å²) in [6, 6.07) is 6.29. The van der Waals surface area contributed by atoms with Crippen LogP contribution in [0.5, 0.6) is 0 Å². The van der Waals surface area contributed by atoms with Crippen molar-refractivity contribution in [2.75, 3.05) is 25.6 Å². The van der Waals surface area contributed by atoms with Crippen LogP contribution >= 0.6 is 31.9 Å². The maximum atomic E-state index is 5.54. The second-order valence-corrected chi connectivity index (χ2v) is 5.53. The lowest BCUT2D eigenvalue weighted by molar-refractivity contribution is 0.182. The maximum absolute atomic E-state index is 5.54. The fraction of sp³-hybridized carbons (Fsp3) is 0.500. The third-order valence-corrected chi connectivity index (χ3v) is 3.76. The number of hydrogen-bond acceptors (Lipinski definition) is 3. The summed E-state index contributed by atoms with van der Waals surface area (Å²) in [4.78, 5) is 0. The van der Waals surface area contributed by atoms with Gasteiger partial charge >= 0.3 is 0 Å². The van der Waals surface area contributed by atoms with E-state index < -0.39 is 0 Å². The van der Waals surface area contributed by atoms with Gasteiger partial charge in [0.15, 0.2) is 0 Å². The van der Waals surface area contributed by atoms with Gasteiger partial charge in [-0.05, 0) is 63.4 Å². The van der Waals surface area contributed by atoms with E-state index in [0.717, 1.165) is 27.5 Å². The first kappa shape index (κ1) is 15.0. The Labute approximate surface area is 119 Å². The minimum atomic E-state index is 0.276. The fourth-order valence-corrected chi connectivity index (χ4v) is 2.83. The second kappa shape index (κ2) is 8.08. The van der Waals surface area contributed by atoms with Crippen molar-refractivity contribution in [2.45, 2.75) is 18.9 Å². The van der Waals surface area contributed by atoms with E-state index in [1.54, 1.807) is 7.11 Å². The van der Waals surface area contributed by atoms with Gasteiger partial charge in [-0.2, -0.15) is 0 Å². The Morgan fingerprint density at radius 3 is 2.53 bits per heavy atom. The van der Waals surface area contributed by atoms with Crippen LogP contribution < -0.4 is 11.1 Å². The molecule has 3 N–H and O–H groups in total. The SMILES string of the molecule is COCC(CCCN)Nc1c(Br)cccc1Br. The van der Waals surface area contributed by atoms with E-state index in [2.05, 4.69) is 37.2 Å². The summed E-state index contributed by atoms with van der Waals surface area (Å²) in [5.41, 5.74) is 6.60. The third-order valence-electron chi connectivity index (χ3n) is 2.44. The van der Waals surface area contributed by atoms with Crippen molar-refractivity contribution in [3.05, 3.63) is 27.1 Å². The molecule has 0 saturated heterocycles. The lowest BCUT2D eigenvalue weighted by Crippen LogP contribution is -2.26. The zero-order valence-corrected chi connectivity index (χ0v) is 13.1. The van der Waals surface area contributed by atoms with Gasteiger partial charge in [0.05, 0.1) is 12.3 Å². The van der Waals surface area contributed by atoms with Crippen LogP contribution in [-0.4, -0.2) is 26.3 Å². The molecule has 0 spiro atoms. The zero-order chi connectivity index (χ0) is 12.7. The number of hydrogen-bond donors (Lipinski definition) is 2. The molecule has 1 atom stereocenters. The van der Waals surface area contributed by atoms with Gasteiger partial charge in [0.25, 0.3) is 0 Å². The van der Waals surface area contributed by atoms with Gasteiger partial charge in [0, 0.05) is 22.1 Å². The minimum Gasteiger partial charge on any atom is -0.383 e. The van der Waals surface area contributed by atoms with E-state index in [-0.39, 0.29) is 6.04 Å². The van der Waals surface area contributed by atoms with E-state index >= 15 is 0 Å². The number of para-hydroxylation sites is 1. The highest BCUT2D eigenvalue weighted by Crippen LogP contribution is 2.31. The van der Waals surface area contributed by atoms with Gasteiger partial charge in [0.1, 0.15) is 0 Å². The van der Waals surface area contributed by atoms with Crippen LogP contribution in [0, 0.1) is 0 Å². The topological polar surface area (TPSA) is 47.3 Å². The first-order chi connectivity index (χ1) is 8.19. The molecule has 0 aliphatic carbocycles. The predicted molar refractivity (Wildman–Crippen MR) is 79.4 cm³/mol. The van der Waals surface area contributed by atoms with Crippen LogP contribution in [0.25, 0.3) is 0 Å². The van der Waals surface area contributed by atoms with Gasteiger partial charge in [-0.3, -0.25) is 0 Å². The van der Waals surface area contributed by atoms with Crippen molar-refractivity contribution in [1.29, 1.82) is 0 Å². The van der Waals surface area contributed by atoms with Gasteiger partial charge in [-0.15, -0.1) is 0 Å². The summed E-state index contributed by atoms with van der Waals surface area (Å²) in [7, 11) is 1.71. The van der Waals surface area contributed by atoms with E-state index in [1.807, 2.05) is 18.2 Å². The van der Waals surface area contributed by atoms with E-state index in [9.17, 15) is 0 Å². The summed E-state index contributed by atoms with van der Waals surface area (Å²) in [6.07, 6.45) is 1.99. The molecule has 0 aliphatic rings. The van der Waals surface area contributed by atoms with Crippen LogP contribution in [0.1, 0.15) is 12.8 Å². The summed E-state index contributed by atoms with van der Waals surface area (Å²) in [6.45, 7) is 1.38. The molecule has 0 amide bonds. The fourth-order valence-electron chi connectivity index (χ4n) is 1.60. The molecule has 1 unspecified atom stereocenters. The number of halogens is 2. The number of methoxy groups -OCH3 is 1. The molecule has 0 saturated carbocycles. The van der Waals surface area contributed by atoms with Crippen molar-refractivity contribution in [3.8, 4) is 0 Å². The molecule has 0 radical (unpaired) electrons. The smallest absolute Gasteiger partial charge is 0.0664 e. The first-order valence-electron chi connectivity index (χ1n) is 5.58. The Bertz CT molecular complexity index is 327. The highest BCUT2D eigenvalue weighted by atomic mass is 79.9. The number of nitrogens with one attached hydrogen (secondary N) is 1. The molecular formula is C12H18Br2N2O. The summed E-state index contributed by atoms with van der Waals surface area (Å²) < 4.78 is 7.30. The van der Waals surface area contributed by atoms with Gasteiger partial charge in [0.2, 0.25) is 0 Å². The van der Waals surface area contributed by atoms with Crippen LogP contribution in [0.2, 0.25) is 0 Å². The van der Waals surface area contributed by atoms with Crippen molar-refractivity contribution < 1.29 is 4.74 Å². The Morgan fingerprint density at radius 1 is 1.35 bits per heavy atom. The van der Waals surface area contributed by atoms with Crippen LogP contribution in [0.4, 0.5) is 5.69 Å². The summed E-state index contributed by atoms with van der Waals surface area (Å²) >= 11 is 7.07. The average molecular weight is 366 g/mol. The lowest BCUT2D eigenvalue weighted by atomic mass is 10.1. The monoisotopic (exact) mass is 364 g/mol. The quantitative estimate of drug-likeness (QED) is 0.778. The van der Waals surface area contributed by atoms with E-state index in [4.69, 9.17) is 10.5 Å². The molecule has 0 aromatic heterocycles. The third kappa shape index (κ3) is 4.95. The molecule has 17 heavy (non-hydrogen) atoms. The van der Waals surface area contributed by atoms with Gasteiger partial charge < -0.3 is 15.8 Å². The van der Waals surface area contributed by atoms with Crippen molar-refractivity contribution in [3.63, 3.8) is 0 Å². The van der Waals surface area contributed by atoms with Crippen molar-refractivity contribution >= 4 is 37.5 Å². The number of nitrogens with two attached hydrogens (primary N) is 1. The molecule has 1 rings (SSSR count). The standard InChI is InChI=1S/C12H18Br2N2O/c1-17-8-9(4-3-7-15)16-12-10(13)5-2-6-11(12)14/h2,5-6,9,16H,3-4,7-8,15H2,1H3. The largest absolute Gasteiger partial charge is 0.383 e. The van der Waals surface area contributed by atoms with E-state index in [0.29, 0.717) is 13.2 Å². The Morgan fingerprint density at radius 2 is 2.00 bits per heavy atom. The Balaban J connectivity index is 2.70. The van der Waals surface area contributed by atoms with Crippen LogP contribution in [0.15, 0.2) is 27.1 Å². The normalized spacial score (nSPS) is 12.5. The van der Waals surface area contributed by atoms with Gasteiger partial charge in [-0.1, -0.05) is 6.07 Å². The molecule has 96 valence electrons. The maximum Gasteiger partial charge on any atom is 0.0664 e. The first-order valence-corrected chi connectivity index (χ1v) is 7.17. The van der Waals surface area contributed by atoms with Gasteiger partial charge in [-0.25, -0.2) is 0 Å². The summed E-state index contributed by atoms with van der Waals surface area (Å²) in [5.74, 6) is 0.